The van der Waals surface area contributed by atoms with Gasteiger partial charge in [-0.3, -0.25) is 9.59 Å². The number of hydrogen-bond donors (Lipinski definition) is 2. The van der Waals surface area contributed by atoms with Crippen molar-refractivity contribution in [3.8, 4) is 5.88 Å². The van der Waals surface area contributed by atoms with Crippen molar-refractivity contribution in [2.45, 2.75) is 29.7 Å². The highest BCUT2D eigenvalue weighted by Crippen LogP contribution is 2.38. The van der Waals surface area contributed by atoms with Crippen LogP contribution in [0.15, 0.2) is 71.8 Å². The first kappa shape index (κ1) is 21.2. The number of carbonyl (C=O) groups is 2. The largest absolute Gasteiger partial charge is 0.473 e. The third-order valence-corrected chi connectivity index (χ3v) is 6.16. The van der Waals surface area contributed by atoms with Gasteiger partial charge in [-0.25, -0.2) is 4.98 Å². The molecule has 1 aliphatic rings. The van der Waals surface area contributed by atoms with Crippen molar-refractivity contribution < 1.29 is 14.3 Å². The Hall–Kier alpha value is -3.03. The molecule has 2 aromatic carbocycles. The average molecular weight is 454 g/mol. The summed E-state index contributed by atoms with van der Waals surface area (Å²) in [6.45, 7) is 0.749. The predicted octanol–water partition coefficient (Wildman–Crippen LogP) is 4.43. The van der Waals surface area contributed by atoms with E-state index in [1.165, 1.54) is 11.8 Å². The first-order valence-corrected chi connectivity index (χ1v) is 11.0. The molecule has 0 saturated carbocycles. The summed E-state index contributed by atoms with van der Waals surface area (Å²) in [6.07, 6.45) is 1.73. The van der Waals surface area contributed by atoms with E-state index in [1.54, 1.807) is 24.4 Å². The maximum absolute atomic E-state index is 12.4. The summed E-state index contributed by atoms with van der Waals surface area (Å²) in [5, 5.41) is 5.75. The summed E-state index contributed by atoms with van der Waals surface area (Å²) in [4.78, 5) is 29.9. The molecule has 0 saturated heterocycles. The number of nitrogens with zero attached hydrogens (tertiary/aromatic N) is 1. The Balaban J connectivity index is 1.29. The van der Waals surface area contributed by atoms with Gasteiger partial charge in [-0.1, -0.05) is 41.9 Å². The number of aromatic nitrogens is 1. The van der Waals surface area contributed by atoms with Crippen LogP contribution in [0.3, 0.4) is 0 Å². The molecule has 3 aromatic rings. The highest BCUT2D eigenvalue weighted by molar-refractivity contribution is 8.01. The van der Waals surface area contributed by atoms with Gasteiger partial charge in [-0.2, -0.15) is 0 Å². The van der Waals surface area contributed by atoms with Crippen molar-refractivity contribution in [1.29, 1.82) is 0 Å². The van der Waals surface area contributed by atoms with Gasteiger partial charge in [0.05, 0.1) is 10.9 Å². The number of hydrogen-bond acceptors (Lipinski definition) is 5. The molecule has 0 radical (unpaired) electrons. The van der Waals surface area contributed by atoms with Crippen LogP contribution in [0.1, 0.15) is 17.5 Å². The molecule has 2 heterocycles. The molecule has 0 fully saturated rings. The molecule has 0 bridgehead atoms. The van der Waals surface area contributed by atoms with Gasteiger partial charge in [0.2, 0.25) is 17.7 Å². The fraction of sp³-hybridized carbons (Fsp3) is 0.174. The third-order valence-electron chi connectivity index (χ3n) is 4.65. The first-order valence-electron chi connectivity index (χ1n) is 9.72. The second-order valence-corrected chi connectivity index (χ2v) is 8.67. The van der Waals surface area contributed by atoms with Crippen LogP contribution in [0.25, 0.3) is 0 Å². The molecule has 8 heteroatoms. The molecular weight excluding hydrogens is 434 g/mol. The fourth-order valence-corrected chi connectivity index (χ4v) is 4.33. The molecule has 158 valence electrons. The number of pyridine rings is 1. The fourth-order valence-electron chi connectivity index (χ4n) is 3.07. The van der Waals surface area contributed by atoms with E-state index in [1.807, 2.05) is 42.5 Å². The molecule has 6 nitrogen and oxygen atoms in total. The second kappa shape index (κ2) is 9.85. The van der Waals surface area contributed by atoms with Crippen LogP contribution in [0.5, 0.6) is 5.88 Å². The molecule has 1 aliphatic heterocycles. The smallest absolute Gasteiger partial charge is 0.238 e. The SMILES string of the molecule is O=C(CC1Sc2ccc(Cl)cc2NC1=O)NCc1ccnc(OCc2ccccc2)c1. The molecule has 4 rings (SSSR count). The summed E-state index contributed by atoms with van der Waals surface area (Å²) in [6, 6.07) is 18.8. The third kappa shape index (κ3) is 5.77. The van der Waals surface area contributed by atoms with Crippen molar-refractivity contribution in [3.63, 3.8) is 0 Å². The zero-order chi connectivity index (χ0) is 21.6. The van der Waals surface area contributed by atoms with E-state index in [0.717, 1.165) is 16.0 Å². The molecule has 0 spiro atoms. The molecular formula is C23H20ClN3O3S. The number of thioether (sulfide) groups is 1. The van der Waals surface area contributed by atoms with Crippen molar-refractivity contribution in [2.75, 3.05) is 5.32 Å². The van der Waals surface area contributed by atoms with E-state index in [2.05, 4.69) is 15.6 Å². The number of carbonyl (C=O) groups excluding carboxylic acids is 2. The Morgan fingerprint density at radius 2 is 1.97 bits per heavy atom. The van der Waals surface area contributed by atoms with Crippen LogP contribution >= 0.6 is 23.4 Å². The highest BCUT2D eigenvalue weighted by atomic mass is 35.5. The monoisotopic (exact) mass is 453 g/mol. The summed E-state index contributed by atoms with van der Waals surface area (Å²) in [5.41, 5.74) is 2.60. The minimum atomic E-state index is -0.490. The lowest BCUT2D eigenvalue weighted by Gasteiger charge is -2.23. The van der Waals surface area contributed by atoms with Crippen molar-refractivity contribution in [3.05, 3.63) is 83.0 Å². The van der Waals surface area contributed by atoms with Gasteiger partial charge < -0.3 is 15.4 Å². The lowest BCUT2D eigenvalue weighted by molar-refractivity contribution is -0.124. The quantitative estimate of drug-likeness (QED) is 0.553. The number of amides is 2. The minimum Gasteiger partial charge on any atom is -0.473 e. The van der Waals surface area contributed by atoms with Gasteiger partial charge in [0.15, 0.2) is 0 Å². The number of ether oxygens (including phenoxy) is 1. The standard InChI is InChI=1S/C23H20ClN3O3S/c24-17-6-7-19-18(11-17)27-23(29)20(31-19)12-21(28)26-13-16-8-9-25-22(10-16)30-14-15-4-2-1-3-5-15/h1-11,20H,12-14H2,(H,26,28)(H,27,29). The molecule has 2 amide bonds. The van der Waals surface area contributed by atoms with E-state index >= 15 is 0 Å². The van der Waals surface area contributed by atoms with Crippen LogP contribution in [0.2, 0.25) is 5.02 Å². The molecule has 2 N–H and O–H groups in total. The molecule has 1 aromatic heterocycles. The van der Waals surface area contributed by atoms with E-state index in [4.69, 9.17) is 16.3 Å². The number of rotatable bonds is 7. The van der Waals surface area contributed by atoms with E-state index in [-0.39, 0.29) is 18.2 Å². The Morgan fingerprint density at radius 3 is 2.81 bits per heavy atom. The lowest BCUT2D eigenvalue weighted by Crippen LogP contribution is -2.34. The first-order chi connectivity index (χ1) is 15.1. The predicted molar refractivity (Wildman–Crippen MR) is 121 cm³/mol. The van der Waals surface area contributed by atoms with Crippen LogP contribution in [0.4, 0.5) is 5.69 Å². The highest BCUT2D eigenvalue weighted by Gasteiger charge is 2.29. The Morgan fingerprint density at radius 1 is 1.13 bits per heavy atom. The molecule has 1 unspecified atom stereocenters. The number of fused-ring (bicyclic) bond motifs is 1. The topological polar surface area (TPSA) is 80.3 Å². The van der Waals surface area contributed by atoms with Gasteiger partial charge >= 0.3 is 0 Å². The van der Waals surface area contributed by atoms with Gasteiger partial charge in [0, 0.05) is 35.1 Å². The van der Waals surface area contributed by atoms with Crippen LogP contribution in [-0.2, 0) is 22.7 Å². The Bertz CT molecular complexity index is 1090. The number of benzene rings is 2. The summed E-state index contributed by atoms with van der Waals surface area (Å²) < 4.78 is 5.73. The van der Waals surface area contributed by atoms with Crippen LogP contribution < -0.4 is 15.4 Å². The summed E-state index contributed by atoms with van der Waals surface area (Å²) >= 11 is 7.34. The number of anilines is 1. The summed E-state index contributed by atoms with van der Waals surface area (Å²) in [7, 11) is 0. The van der Waals surface area contributed by atoms with Crippen LogP contribution in [0, 0.1) is 0 Å². The zero-order valence-electron chi connectivity index (χ0n) is 16.5. The van der Waals surface area contributed by atoms with Gasteiger partial charge in [0.1, 0.15) is 6.61 Å². The van der Waals surface area contributed by atoms with E-state index < -0.39 is 5.25 Å². The van der Waals surface area contributed by atoms with Crippen LogP contribution in [-0.4, -0.2) is 22.0 Å². The normalized spacial score (nSPS) is 15.0. The van der Waals surface area contributed by atoms with Crippen molar-refractivity contribution in [2.24, 2.45) is 0 Å². The molecule has 0 aliphatic carbocycles. The van der Waals surface area contributed by atoms with Gasteiger partial charge in [0.25, 0.3) is 0 Å². The zero-order valence-corrected chi connectivity index (χ0v) is 18.1. The van der Waals surface area contributed by atoms with E-state index in [9.17, 15) is 9.59 Å². The number of halogens is 1. The van der Waals surface area contributed by atoms with E-state index in [0.29, 0.717) is 29.7 Å². The second-order valence-electron chi connectivity index (χ2n) is 6.99. The Labute approximate surface area is 189 Å². The Kier molecular flexibility index (Phi) is 6.74. The lowest BCUT2D eigenvalue weighted by atomic mass is 10.2. The van der Waals surface area contributed by atoms with Crippen molar-refractivity contribution >= 4 is 40.9 Å². The van der Waals surface area contributed by atoms with Gasteiger partial charge in [-0.15, -0.1) is 11.8 Å². The minimum absolute atomic E-state index is 0.0843. The van der Waals surface area contributed by atoms with Crippen molar-refractivity contribution in [1.82, 2.24) is 10.3 Å². The maximum atomic E-state index is 12.4. The number of nitrogens with one attached hydrogen (secondary N) is 2. The molecule has 1 atom stereocenters. The maximum Gasteiger partial charge on any atom is 0.238 e. The van der Waals surface area contributed by atoms with Gasteiger partial charge in [-0.05, 0) is 35.4 Å². The summed E-state index contributed by atoms with van der Waals surface area (Å²) in [5.74, 6) is 0.0946. The molecule has 31 heavy (non-hydrogen) atoms. The average Bonchev–Trinajstić information content (AvgIpc) is 2.78.